The Balaban J connectivity index is 1.75. The van der Waals surface area contributed by atoms with Gasteiger partial charge >= 0.3 is 0 Å². The molecule has 5 nitrogen and oxygen atoms in total. The number of carbonyl (C=O) groups excluding carboxylic acids is 1. The number of para-hydroxylation sites is 1. The first-order valence-corrected chi connectivity index (χ1v) is 9.83. The Bertz CT molecular complexity index is 992. The summed E-state index contributed by atoms with van der Waals surface area (Å²) in [6.07, 6.45) is 0.857. The van der Waals surface area contributed by atoms with Crippen LogP contribution < -0.4 is 10.9 Å². The number of amides is 1. The molecule has 0 radical (unpaired) electrons. The molecule has 2 aromatic heterocycles. The zero-order chi connectivity index (χ0) is 18.0. The SMILES string of the molecule is CCc1cccc(C)c1NC(=O)CSc1nc2sccc2c(=O)n1C. The number of nitrogens with zero attached hydrogens (tertiary/aromatic N) is 2. The molecule has 3 aromatic rings. The van der Waals surface area contributed by atoms with Gasteiger partial charge in [0.25, 0.3) is 5.56 Å². The fourth-order valence-corrected chi connectivity index (χ4v) is 4.19. The van der Waals surface area contributed by atoms with Gasteiger partial charge in [-0.15, -0.1) is 11.3 Å². The van der Waals surface area contributed by atoms with Crippen LogP contribution in [-0.4, -0.2) is 21.2 Å². The van der Waals surface area contributed by atoms with E-state index in [4.69, 9.17) is 0 Å². The van der Waals surface area contributed by atoms with Gasteiger partial charge in [0.2, 0.25) is 5.91 Å². The van der Waals surface area contributed by atoms with E-state index in [2.05, 4.69) is 17.2 Å². The predicted octanol–water partition coefficient (Wildman–Crippen LogP) is 3.60. The average molecular weight is 374 g/mol. The van der Waals surface area contributed by atoms with Crippen molar-refractivity contribution in [3.8, 4) is 0 Å². The topological polar surface area (TPSA) is 64.0 Å². The van der Waals surface area contributed by atoms with E-state index in [9.17, 15) is 9.59 Å². The molecule has 0 fully saturated rings. The summed E-state index contributed by atoms with van der Waals surface area (Å²) in [6, 6.07) is 7.78. The number of hydrogen-bond donors (Lipinski definition) is 1. The van der Waals surface area contributed by atoms with Crippen LogP contribution in [0, 0.1) is 6.92 Å². The van der Waals surface area contributed by atoms with E-state index in [-0.39, 0.29) is 17.2 Å². The van der Waals surface area contributed by atoms with Crippen molar-refractivity contribution >= 4 is 44.9 Å². The van der Waals surface area contributed by atoms with Gasteiger partial charge in [-0.2, -0.15) is 0 Å². The number of thiophene rings is 1. The van der Waals surface area contributed by atoms with Crippen molar-refractivity contribution in [3.63, 3.8) is 0 Å². The van der Waals surface area contributed by atoms with Gasteiger partial charge in [-0.05, 0) is 35.9 Å². The van der Waals surface area contributed by atoms with Gasteiger partial charge in [-0.1, -0.05) is 36.9 Å². The zero-order valence-electron chi connectivity index (χ0n) is 14.3. The van der Waals surface area contributed by atoms with Crippen LogP contribution >= 0.6 is 23.1 Å². The predicted molar refractivity (Wildman–Crippen MR) is 105 cm³/mol. The molecule has 0 saturated heterocycles. The van der Waals surface area contributed by atoms with Crippen molar-refractivity contribution in [3.05, 3.63) is 51.1 Å². The van der Waals surface area contributed by atoms with Crippen molar-refractivity contribution < 1.29 is 4.79 Å². The minimum Gasteiger partial charge on any atom is -0.325 e. The molecule has 0 spiro atoms. The second kappa shape index (κ2) is 7.41. The third kappa shape index (κ3) is 3.62. The number of fused-ring (bicyclic) bond motifs is 1. The Morgan fingerprint density at radius 3 is 2.92 bits per heavy atom. The van der Waals surface area contributed by atoms with E-state index in [1.54, 1.807) is 13.1 Å². The molecule has 0 aliphatic carbocycles. The number of carbonyl (C=O) groups is 1. The number of thioether (sulfide) groups is 1. The molecule has 130 valence electrons. The van der Waals surface area contributed by atoms with E-state index in [1.807, 2.05) is 30.5 Å². The molecule has 1 aromatic carbocycles. The molecule has 0 aliphatic heterocycles. The lowest BCUT2D eigenvalue weighted by molar-refractivity contribution is -0.113. The quantitative estimate of drug-likeness (QED) is 0.548. The molecule has 3 rings (SSSR count). The monoisotopic (exact) mass is 373 g/mol. The van der Waals surface area contributed by atoms with Gasteiger partial charge in [0.15, 0.2) is 5.16 Å². The van der Waals surface area contributed by atoms with Crippen LogP contribution in [0.25, 0.3) is 10.2 Å². The van der Waals surface area contributed by atoms with Crippen molar-refractivity contribution in [2.24, 2.45) is 7.05 Å². The van der Waals surface area contributed by atoms with Crippen molar-refractivity contribution in [2.75, 3.05) is 11.1 Å². The van der Waals surface area contributed by atoms with Crippen LogP contribution in [0.2, 0.25) is 0 Å². The number of anilines is 1. The number of rotatable bonds is 5. The number of hydrogen-bond acceptors (Lipinski definition) is 5. The van der Waals surface area contributed by atoms with Gasteiger partial charge in [-0.3, -0.25) is 14.2 Å². The van der Waals surface area contributed by atoms with Crippen LogP contribution in [0.1, 0.15) is 18.1 Å². The first-order valence-electron chi connectivity index (χ1n) is 7.96. The third-order valence-corrected chi connectivity index (χ3v) is 5.84. The number of nitrogens with one attached hydrogen (secondary N) is 1. The molecule has 7 heteroatoms. The van der Waals surface area contributed by atoms with Crippen LogP contribution in [0.15, 0.2) is 39.6 Å². The Morgan fingerprint density at radius 2 is 2.16 bits per heavy atom. The molecule has 0 aliphatic rings. The molecule has 25 heavy (non-hydrogen) atoms. The highest BCUT2D eigenvalue weighted by molar-refractivity contribution is 7.99. The first kappa shape index (κ1) is 17.7. The molecular weight excluding hydrogens is 354 g/mol. The van der Waals surface area contributed by atoms with Gasteiger partial charge in [0.05, 0.1) is 11.1 Å². The molecule has 0 saturated carbocycles. The number of benzene rings is 1. The number of aryl methyl sites for hydroxylation is 2. The lowest BCUT2D eigenvalue weighted by Crippen LogP contribution is -2.21. The standard InChI is InChI=1S/C18H19N3O2S2/c1-4-12-7-5-6-11(2)15(12)19-14(22)10-25-18-20-16-13(8-9-24-16)17(23)21(18)3/h5-9H,4,10H2,1-3H3,(H,19,22). The van der Waals surface area contributed by atoms with Crippen LogP contribution in [0.5, 0.6) is 0 Å². The second-order valence-electron chi connectivity index (χ2n) is 5.70. The lowest BCUT2D eigenvalue weighted by Gasteiger charge is -2.13. The summed E-state index contributed by atoms with van der Waals surface area (Å²) in [6.45, 7) is 4.05. The zero-order valence-corrected chi connectivity index (χ0v) is 16.0. The summed E-state index contributed by atoms with van der Waals surface area (Å²) in [5.41, 5.74) is 2.96. The Morgan fingerprint density at radius 1 is 1.36 bits per heavy atom. The van der Waals surface area contributed by atoms with Gasteiger partial charge in [-0.25, -0.2) is 4.98 Å². The Hall–Kier alpha value is -2.12. The number of aromatic nitrogens is 2. The van der Waals surface area contributed by atoms with Gasteiger partial charge in [0, 0.05) is 12.7 Å². The maximum Gasteiger partial charge on any atom is 0.262 e. The van der Waals surface area contributed by atoms with E-state index in [1.165, 1.54) is 27.7 Å². The smallest absolute Gasteiger partial charge is 0.262 e. The highest BCUT2D eigenvalue weighted by Gasteiger charge is 2.13. The summed E-state index contributed by atoms with van der Waals surface area (Å²) >= 11 is 2.70. The largest absolute Gasteiger partial charge is 0.325 e. The normalized spacial score (nSPS) is 11.0. The summed E-state index contributed by atoms with van der Waals surface area (Å²) in [5.74, 6) is 0.101. The molecule has 0 atom stereocenters. The fraction of sp³-hybridized carbons (Fsp3) is 0.278. The highest BCUT2D eigenvalue weighted by atomic mass is 32.2. The lowest BCUT2D eigenvalue weighted by atomic mass is 10.1. The third-order valence-electron chi connectivity index (χ3n) is 4.00. The minimum absolute atomic E-state index is 0.0821. The van der Waals surface area contributed by atoms with Gasteiger partial charge in [0.1, 0.15) is 4.83 Å². The average Bonchev–Trinajstić information content (AvgIpc) is 3.07. The van der Waals surface area contributed by atoms with Crippen molar-refractivity contribution in [2.45, 2.75) is 25.4 Å². The van der Waals surface area contributed by atoms with E-state index in [0.29, 0.717) is 15.4 Å². The maximum atomic E-state index is 12.4. The first-order chi connectivity index (χ1) is 12.0. The van der Waals surface area contributed by atoms with Crippen LogP contribution in [-0.2, 0) is 18.3 Å². The highest BCUT2D eigenvalue weighted by Crippen LogP contribution is 2.23. The van der Waals surface area contributed by atoms with Crippen molar-refractivity contribution in [1.29, 1.82) is 0 Å². The summed E-state index contributed by atoms with van der Waals surface area (Å²) in [4.78, 5) is 29.9. The van der Waals surface area contributed by atoms with E-state index < -0.39 is 0 Å². The summed E-state index contributed by atoms with van der Waals surface area (Å²) in [7, 11) is 1.68. The van der Waals surface area contributed by atoms with Gasteiger partial charge < -0.3 is 5.32 Å². The van der Waals surface area contributed by atoms with E-state index in [0.717, 1.165) is 23.2 Å². The Kier molecular flexibility index (Phi) is 5.24. The van der Waals surface area contributed by atoms with E-state index >= 15 is 0 Å². The maximum absolute atomic E-state index is 12.4. The molecule has 1 amide bonds. The molecule has 0 bridgehead atoms. The summed E-state index contributed by atoms with van der Waals surface area (Å²) in [5, 5.41) is 6.02. The van der Waals surface area contributed by atoms with Crippen molar-refractivity contribution in [1.82, 2.24) is 9.55 Å². The molecular formula is C18H19N3O2S2. The van der Waals surface area contributed by atoms with Crippen LogP contribution in [0.3, 0.4) is 0 Å². The molecule has 0 unspecified atom stereocenters. The molecule has 2 heterocycles. The Labute approximate surface area is 154 Å². The minimum atomic E-state index is -0.102. The van der Waals surface area contributed by atoms with Crippen LogP contribution in [0.4, 0.5) is 5.69 Å². The summed E-state index contributed by atoms with van der Waals surface area (Å²) < 4.78 is 1.50. The fourth-order valence-electron chi connectivity index (χ4n) is 2.62. The molecule has 1 N–H and O–H groups in total. The second-order valence-corrected chi connectivity index (χ2v) is 7.53.